The lowest BCUT2D eigenvalue weighted by atomic mass is 10.0. The number of rotatable bonds is 4. The summed E-state index contributed by atoms with van der Waals surface area (Å²) in [4.78, 5) is 16.5. The molecule has 112 valence electrons. The predicted octanol–water partition coefficient (Wildman–Crippen LogP) is 3.38. The van der Waals surface area contributed by atoms with Crippen LogP contribution in [-0.4, -0.2) is 27.1 Å². The van der Waals surface area contributed by atoms with Crippen molar-refractivity contribution in [2.24, 2.45) is 0 Å². The zero-order valence-electron chi connectivity index (χ0n) is 12.1. The second-order valence-corrected chi connectivity index (χ2v) is 7.23. The number of nitrogens with one attached hydrogen (secondary N) is 1. The molecule has 1 aliphatic rings. The van der Waals surface area contributed by atoms with Gasteiger partial charge >= 0.3 is 6.03 Å². The highest BCUT2D eigenvalue weighted by Crippen LogP contribution is 2.35. The SMILES string of the molecule is CC(C)c1nnsc1CNC(=O)N1CC[C@@H]1c1cccs1. The van der Waals surface area contributed by atoms with Crippen molar-refractivity contribution in [1.82, 2.24) is 19.8 Å². The van der Waals surface area contributed by atoms with Crippen molar-refractivity contribution in [2.75, 3.05) is 6.54 Å². The molecule has 21 heavy (non-hydrogen) atoms. The number of carbonyl (C=O) groups is 1. The standard InChI is InChI=1S/C14H18N4OS2/c1-9(2)13-12(21-17-16-13)8-15-14(19)18-6-5-10(18)11-4-3-7-20-11/h3-4,7,9-10H,5-6,8H2,1-2H3,(H,15,19)/t10-/m1/s1. The number of nitrogens with zero attached hydrogens (tertiary/aromatic N) is 3. The van der Waals surface area contributed by atoms with Crippen LogP contribution in [-0.2, 0) is 6.54 Å². The normalized spacial score (nSPS) is 17.9. The van der Waals surface area contributed by atoms with Crippen LogP contribution in [0, 0.1) is 0 Å². The Hall–Kier alpha value is -1.47. The second kappa shape index (κ2) is 6.11. The Morgan fingerprint density at radius 3 is 3.05 bits per heavy atom. The highest BCUT2D eigenvalue weighted by molar-refractivity contribution is 7.10. The van der Waals surface area contributed by atoms with Crippen LogP contribution < -0.4 is 5.32 Å². The minimum Gasteiger partial charge on any atom is -0.333 e. The molecule has 2 amide bonds. The molecule has 1 atom stereocenters. The minimum absolute atomic E-state index is 0.00255. The number of likely N-dealkylation sites (tertiary alicyclic amines) is 1. The van der Waals surface area contributed by atoms with Crippen LogP contribution in [0.15, 0.2) is 17.5 Å². The van der Waals surface area contributed by atoms with Gasteiger partial charge in [-0.3, -0.25) is 0 Å². The van der Waals surface area contributed by atoms with E-state index in [0.717, 1.165) is 23.5 Å². The van der Waals surface area contributed by atoms with Gasteiger partial charge in [0.2, 0.25) is 0 Å². The number of hydrogen-bond donors (Lipinski definition) is 1. The molecule has 0 saturated carbocycles. The summed E-state index contributed by atoms with van der Waals surface area (Å²) in [6.07, 6.45) is 1.05. The fraction of sp³-hybridized carbons (Fsp3) is 0.500. The fourth-order valence-electron chi connectivity index (χ4n) is 2.44. The van der Waals surface area contributed by atoms with Crippen LogP contribution in [0.5, 0.6) is 0 Å². The maximum atomic E-state index is 12.3. The highest BCUT2D eigenvalue weighted by atomic mass is 32.1. The highest BCUT2D eigenvalue weighted by Gasteiger charge is 2.33. The number of hydrogen-bond acceptors (Lipinski definition) is 5. The van der Waals surface area contributed by atoms with Gasteiger partial charge in [0.05, 0.1) is 23.2 Å². The minimum atomic E-state index is 0.00255. The van der Waals surface area contributed by atoms with E-state index < -0.39 is 0 Å². The van der Waals surface area contributed by atoms with Crippen LogP contribution in [0.3, 0.4) is 0 Å². The summed E-state index contributed by atoms with van der Waals surface area (Å²) >= 11 is 3.07. The van der Waals surface area contributed by atoms with Gasteiger partial charge in [0.1, 0.15) is 0 Å². The van der Waals surface area contributed by atoms with E-state index in [4.69, 9.17) is 0 Å². The van der Waals surface area contributed by atoms with Crippen molar-refractivity contribution >= 4 is 28.9 Å². The third-order valence-electron chi connectivity index (χ3n) is 3.68. The molecular weight excluding hydrogens is 304 g/mol. The lowest BCUT2D eigenvalue weighted by Gasteiger charge is -2.40. The molecule has 1 N–H and O–H groups in total. The third kappa shape index (κ3) is 2.94. The molecule has 2 aromatic heterocycles. The molecule has 1 fully saturated rings. The van der Waals surface area contributed by atoms with E-state index in [1.54, 1.807) is 11.3 Å². The van der Waals surface area contributed by atoms with Crippen molar-refractivity contribution in [2.45, 2.75) is 38.8 Å². The van der Waals surface area contributed by atoms with Crippen molar-refractivity contribution in [3.63, 3.8) is 0 Å². The Kier molecular flexibility index (Phi) is 4.21. The maximum absolute atomic E-state index is 12.3. The van der Waals surface area contributed by atoms with Gasteiger partial charge in [-0.25, -0.2) is 4.79 Å². The molecular formula is C14H18N4OS2. The molecule has 3 heterocycles. The Bertz CT molecular complexity index is 608. The van der Waals surface area contributed by atoms with Crippen LogP contribution in [0.4, 0.5) is 4.79 Å². The molecule has 7 heteroatoms. The average Bonchev–Trinajstić information content (AvgIpc) is 3.05. The van der Waals surface area contributed by atoms with E-state index >= 15 is 0 Å². The zero-order chi connectivity index (χ0) is 14.8. The Morgan fingerprint density at radius 1 is 1.57 bits per heavy atom. The number of aromatic nitrogens is 2. The van der Waals surface area contributed by atoms with E-state index in [2.05, 4.69) is 40.2 Å². The molecule has 0 radical (unpaired) electrons. The van der Waals surface area contributed by atoms with Crippen LogP contribution >= 0.6 is 22.9 Å². The van der Waals surface area contributed by atoms with E-state index in [0.29, 0.717) is 12.5 Å². The number of carbonyl (C=O) groups excluding carboxylic acids is 1. The largest absolute Gasteiger partial charge is 0.333 e. The predicted molar refractivity (Wildman–Crippen MR) is 84.6 cm³/mol. The molecule has 5 nitrogen and oxygen atoms in total. The van der Waals surface area contributed by atoms with Crippen molar-refractivity contribution in [1.29, 1.82) is 0 Å². The Morgan fingerprint density at radius 2 is 2.43 bits per heavy atom. The maximum Gasteiger partial charge on any atom is 0.318 e. The molecule has 0 spiro atoms. The van der Waals surface area contributed by atoms with Gasteiger partial charge in [0.15, 0.2) is 0 Å². The van der Waals surface area contributed by atoms with Crippen LogP contribution in [0.2, 0.25) is 0 Å². The first-order chi connectivity index (χ1) is 10.2. The number of urea groups is 1. The van der Waals surface area contributed by atoms with Crippen molar-refractivity contribution < 1.29 is 4.79 Å². The summed E-state index contributed by atoms with van der Waals surface area (Å²) < 4.78 is 3.98. The molecule has 0 unspecified atom stereocenters. The van der Waals surface area contributed by atoms with Gasteiger partial charge in [0, 0.05) is 11.4 Å². The van der Waals surface area contributed by atoms with Crippen molar-refractivity contribution in [3.05, 3.63) is 33.0 Å². The molecule has 1 saturated heterocycles. The van der Waals surface area contributed by atoms with Gasteiger partial charge < -0.3 is 10.2 Å². The Labute approximate surface area is 132 Å². The first-order valence-electron chi connectivity index (χ1n) is 7.06. The summed E-state index contributed by atoms with van der Waals surface area (Å²) in [6.45, 7) is 5.51. The lowest BCUT2D eigenvalue weighted by Crippen LogP contribution is -2.49. The number of thiophene rings is 1. The quantitative estimate of drug-likeness (QED) is 0.939. The van der Waals surface area contributed by atoms with Crippen molar-refractivity contribution in [3.8, 4) is 0 Å². The van der Waals surface area contributed by atoms with E-state index in [9.17, 15) is 4.79 Å². The summed E-state index contributed by atoms with van der Waals surface area (Å²) in [5.41, 5.74) is 0.985. The van der Waals surface area contributed by atoms with E-state index in [-0.39, 0.29) is 12.1 Å². The van der Waals surface area contributed by atoms with Gasteiger partial charge in [-0.1, -0.05) is 24.4 Å². The van der Waals surface area contributed by atoms with Gasteiger partial charge in [0.25, 0.3) is 0 Å². The average molecular weight is 322 g/mol. The monoisotopic (exact) mass is 322 g/mol. The summed E-state index contributed by atoms with van der Waals surface area (Å²) in [5.74, 6) is 0.332. The zero-order valence-corrected chi connectivity index (χ0v) is 13.7. The fourth-order valence-corrected chi connectivity index (χ4v) is 4.05. The molecule has 1 aliphatic heterocycles. The van der Waals surface area contributed by atoms with E-state index in [1.165, 1.54) is 16.4 Å². The molecule has 2 aromatic rings. The van der Waals surface area contributed by atoms with Gasteiger partial charge in [-0.05, 0) is 35.3 Å². The summed E-state index contributed by atoms with van der Waals surface area (Å²) in [6, 6.07) is 4.38. The molecule has 3 rings (SSSR count). The summed E-state index contributed by atoms with van der Waals surface area (Å²) in [7, 11) is 0. The molecule has 0 aromatic carbocycles. The number of amides is 2. The first-order valence-corrected chi connectivity index (χ1v) is 8.71. The topological polar surface area (TPSA) is 58.1 Å². The van der Waals surface area contributed by atoms with Crippen LogP contribution in [0.25, 0.3) is 0 Å². The first kappa shape index (κ1) is 14.5. The third-order valence-corrected chi connectivity index (χ3v) is 5.40. The smallest absolute Gasteiger partial charge is 0.318 e. The lowest BCUT2D eigenvalue weighted by molar-refractivity contribution is 0.117. The van der Waals surface area contributed by atoms with E-state index in [1.807, 2.05) is 11.0 Å². The van der Waals surface area contributed by atoms with Gasteiger partial charge in [-0.15, -0.1) is 16.4 Å². The summed E-state index contributed by atoms with van der Waals surface area (Å²) in [5, 5.41) is 9.19. The van der Waals surface area contributed by atoms with Gasteiger partial charge in [-0.2, -0.15) is 0 Å². The molecule has 0 aliphatic carbocycles. The van der Waals surface area contributed by atoms with Crippen LogP contribution in [0.1, 0.15) is 47.7 Å². The Balaban J connectivity index is 1.58. The second-order valence-electron chi connectivity index (χ2n) is 5.41. The molecule has 0 bridgehead atoms.